The van der Waals surface area contributed by atoms with Crippen molar-refractivity contribution >= 4 is 82.1 Å². The lowest BCUT2D eigenvalue weighted by atomic mass is 9.82. The van der Waals surface area contributed by atoms with Gasteiger partial charge in [0.1, 0.15) is 11.2 Å². The molecule has 0 N–H and O–H groups in total. The lowest BCUT2D eigenvalue weighted by Gasteiger charge is -2.29. The van der Waals surface area contributed by atoms with E-state index in [1.807, 2.05) is 0 Å². The molecule has 10 aromatic carbocycles. The Morgan fingerprint density at radius 2 is 0.947 bits per heavy atom. The van der Waals surface area contributed by atoms with E-state index in [0.29, 0.717) is 0 Å². The summed E-state index contributed by atoms with van der Waals surface area (Å²) >= 11 is 0. The molecule has 0 spiro atoms. The van der Waals surface area contributed by atoms with Gasteiger partial charge in [-0.1, -0.05) is 159 Å². The standard InChI is InChI=1S/C55H37NO/c1-55(2)48-24-13-12-22-43(48)44-30-28-36(32-49(44)55)56(35-27-29-42-39-19-7-6-17-37(39)38-18-8-9-20-40(38)47(42)31-35)50-25-14-26-51-54(50)53-45-23-11-10-21-41(45)46(33-52(53)57-51)34-15-4-3-5-16-34/h3-33H,1-2H3. The molecule has 2 nitrogen and oxygen atoms in total. The fourth-order valence-corrected chi connectivity index (χ4v) is 10.00. The molecule has 0 fully saturated rings. The second-order valence-corrected chi connectivity index (χ2v) is 16.0. The Morgan fingerprint density at radius 1 is 0.368 bits per heavy atom. The Hall–Kier alpha value is -7.16. The van der Waals surface area contributed by atoms with Crippen LogP contribution in [0.2, 0.25) is 0 Å². The van der Waals surface area contributed by atoms with Crippen molar-refractivity contribution < 1.29 is 4.42 Å². The highest BCUT2D eigenvalue weighted by Crippen LogP contribution is 2.52. The zero-order valence-corrected chi connectivity index (χ0v) is 31.8. The van der Waals surface area contributed by atoms with Gasteiger partial charge in [0, 0.05) is 22.2 Å². The second kappa shape index (κ2) is 11.9. The third-order valence-corrected chi connectivity index (χ3v) is 12.6. The number of fused-ring (bicyclic) bond motifs is 14. The maximum absolute atomic E-state index is 6.88. The van der Waals surface area contributed by atoms with Gasteiger partial charge < -0.3 is 9.32 Å². The minimum atomic E-state index is -0.148. The summed E-state index contributed by atoms with van der Waals surface area (Å²) in [5.74, 6) is 0. The first kappa shape index (κ1) is 32.1. The summed E-state index contributed by atoms with van der Waals surface area (Å²) in [4.78, 5) is 2.47. The highest BCUT2D eigenvalue weighted by Gasteiger charge is 2.36. The summed E-state index contributed by atoms with van der Waals surface area (Å²) in [6.07, 6.45) is 0. The molecule has 0 aliphatic heterocycles. The van der Waals surface area contributed by atoms with Gasteiger partial charge in [-0.05, 0) is 119 Å². The molecule has 1 aliphatic carbocycles. The van der Waals surface area contributed by atoms with E-state index >= 15 is 0 Å². The quantitative estimate of drug-likeness (QED) is 0.168. The predicted molar refractivity (Wildman–Crippen MR) is 241 cm³/mol. The van der Waals surface area contributed by atoms with Crippen LogP contribution in [-0.4, -0.2) is 0 Å². The summed E-state index contributed by atoms with van der Waals surface area (Å²) in [6, 6.07) is 68.9. The highest BCUT2D eigenvalue weighted by molar-refractivity contribution is 6.27. The van der Waals surface area contributed by atoms with Gasteiger partial charge in [-0.3, -0.25) is 0 Å². The van der Waals surface area contributed by atoms with Gasteiger partial charge in [0.15, 0.2) is 0 Å². The van der Waals surface area contributed by atoms with Crippen molar-refractivity contribution in [2.75, 3.05) is 4.90 Å². The molecule has 57 heavy (non-hydrogen) atoms. The topological polar surface area (TPSA) is 16.4 Å². The van der Waals surface area contributed by atoms with E-state index in [-0.39, 0.29) is 5.41 Å². The number of rotatable bonds is 4. The molecule has 11 aromatic rings. The molecular formula is C55H37NO. The van der Waals surface area contributed by atoms with E-state index in [0.717, 1.165) is 39.0 Å². The van der Waals surface area contributed by atoms with E-state index in [2.05, 4.69) is 207 Å². The smallest absolute Gasteiger partial charge is 0.137 e. The summed E-state index contributed by atoms with van der Waals surface area (Å²) in [5.41, 5.74) is 12.6. The Bertz CT molecular complexity index is 3410. The monoisotopic (exact) mass is 727 g/mol. The Balaban J connectivity index is 1.18. The molecule has 0 atom stereocenters. The van der Waals surface area contributed by atoms with Crippen LogP contribution in [0.5, 0.6) is 0 Å². The maximum Gasteiger partial charge on any atom is 0.137 e. The van der Waals surface area contributed by atoms with Gasteiger partial charge in [-0.25, -0.2) is 0 Å². The third kappa shape index (κ3) is 4.59. The van der Waals surface area contributed by atoms with Crippen LogP contribution >= 0.6 is 0 Å². The van der Waals surface area contributed by atoms with E-state index in [9.17, 15) is 0 Å². The number of benzene rings is 10. The van der Waals surface area contributed by atoms with Crippen molar-refractivity contribution in [3.05, 3.63) is 199 Å². The number of nitrogens with zero attached hydrogens (tertiary/aromatic N) is 1. The zero-order chi connectivity index (χ0) is 37.8. The van der Waals surface area contributed by atoms with E-state index in [1.54, 1.807) is 0 Å². The Morgan fingerprint density at radius 3 is 1.70 bits per heavy atom. The minimum absolute atomic E-state index is 0.148. The Labute approximate surface area is 330 Å². The molecule has 0 saturated carbocycles. The molecule has 1 aromatic heterocycles. The minimum Gasteiger partial charge on any atom is -0.456 e. The van der Waals surface area contributed by atoms with Crippen LogP contribution in [-0.2, 0) is 5.41 Å². The van der Waals surface area contributed by atoms with Gasteiger partial charge in [-0.15, -0.1) is 0 Å². The fourth-order valence-electron chi connectivity index (χ4n) is 10.00. The molecule has 0 unspecified atom stereocenters. The number of hydrogen-bond acceptors (Lipinski definition) is 2. The molecule has 0 amide bonds. The first-order chi connectivity index (χ1) is 28.0. The maximum atomic E-state index is 6.88. The van der Waals surface area contributed by atoms with E-state index < -0.39 is 0 Å². The zero-order valence-electron chi connectivity index (χ0n) is 31.8. The first-order valence-corrected chi connectivity index (χ1v) is 19.8. The van der Waals surface area contributed by atoms with Gasteiger partial charge in [0.2, 0.25) is 0 Å². The van der Waals surface area contributed by atoms with E-state index in [1.165, 1.54) is 76.5 Å². The highest BCUT2D eigenvalue weighted by atomic mass is 16.3. The van der Waals surface area contributed by atoms with Crippen molar-refractivity contribution in [1.82, 2.24) is 0 Å². The number of furan rings is 1. The van der Waals surface area contributed by atoms with Gasteiger partial charge in [0.25, 0.3) is 0 Å². The normalized spacial score (nSPS) is 13.2. The molecule has 268 valence electrons. The molecule has 0 saturated heterocycles. The van der Waals surface area contributed by atoms with E-state index in [4.69, 9.17) is 4.42 Å². The average molecular weight is 728 g/mol. The summed E-state index contributed by atoms with van der Waals surface area (Å²) < 4.78 is 6.88. The molecule has 0 bridgehead atoms. The molecule has 2 heteroatoms. The van der Waals surface area contributed by atoms with Crippen molar-refractivity contribution in [3.63, 3.8) is 0 Å². The summed E-state index contributed by atoms with van der Waals surface area (Å²) in [6.45, 7) is 4.72. The SMILES string of the molecule is CC1(C)c2ccccc2-c2ccc(N(c3ccc4c5ccccc5c5ccccc5c4c3)c3cccc4oc5cc(-c6ccccc6)c6ccccc6c5c34)cc21. The fraction of sp³-hybridized carbons (Fsp3) is 0.0545. The molecule has 0 radical (unpaired) electrons. The Kier molecular flexibility index (Phi) is 6.72. The lowest BCUT2D eigenvalue weighted by Crippen LogP contribution is -2.16. The largest absolute Gasteiger partial charge is 0.456 e. The van der Waals surface area contributed by atoms with Crippen molar-refractivity contribution in [1.29, 1.82) is 0 Å². The van der Waals surface area contributed by atoms with Crippen LogP contribution in [0.25, 0.3) is 87.3 Å². The number of hydrogen-bond donors (Lipinski definition) is 0. The van der Waals surface area contributed by atoms with Crippen molar-refractivity contribution in [2.45, 2.75) is 19.3 Å². The molecular weight excluding hydrogens is 691 g/mol. The predicted octanol–water partition coefficient (Wildman–Crippen LogP) is 15.6. The van der Waals surface area contributed by atoms with Crippen LogP contribution in [0.3, 0.4) is 0 Å². The van der Waals surface area contributed by atoms with Crippen LogP contribution in [0.15, 0.2) is 192 Å². The van der Waals surface area contributed by atoms with Crippen LogP contribution in [0.1, 0.15) is 25.0 Å². The van der Waals surface area contributed by atoms with Gasteiger partial charge in [-0.2, -0.15) is 0 Å². The average Bonchev–Trinajstić information content (AvgIpc) is 3.76. The molecule has 1 aliphatic rings. The van der Waals surface area contributed by atoms with Crippen LogP contribution in [0.4, 0.5) is 17.1 Å². The van der Waals surface area contributed by atoms with Crippen molar-refractivity contribution in [3.8, 4) is 22.3 Å². The second-order valence-electron chi connectivity index (χ2n) is 16.0. The third-order valence-electron chi connectivity index (χ3n) is 12.6. The first-order valence-electron chi connectivity index (χ1n) is 19.8. The summed E-state index contributed by atoms with van der Waals surface area (Å²) in [7, 11) is 0. The number of anilines is 3. The van der Waals surface area contributed by atoms with Crippen LogP contribution in [0, 0.1) is 0 Å². The summed E-state index contributed by atoms with van der Waals surface area (Å²) in [5, 5.41) is 12.2. The van der Waals surface area contributed by atoms with Crippen molar-refractivity contribution in [2.24, 2.45) is 0 Å². The lowest BCUT2D eigenvalue weighted by molar-refractivity contribution is 0.660. The molecule has 12 rings (SSSR count). The van der Waals surface area contributed by atoms with Gasteiger partial charge in [0.05, 0.1) is 11.1 Å². The van der Waals surface area contributed by atoms with Crippen LogP contribution < -0.4 is 4.90 Å². The molecule has 1 heterocycles. The van der Waals surface area contributed by atoms with Gasteiger partial charge >= 0.3 is 0 Å².